The van der Waals surface area contributed by atoms with Crippen molar-refractivity contribution in [3.63, 3.8) is 0 Å². The third kappa shape index (κ3) is 14.8. The van der Waals surface area contributed by atoms with Crippen LogP contribution in [0.4, 0.5) is 4.79 Å². The molecule has 4 aromatic rings. The fourth-order valence-corrected chi connectivity index (χ4v) is 6.62. The van der Waals surface area contributed by atoms with Gasteiger partial charge in [0.2, 0.25) is 11.8 Å². The second kappa shape index (κ2) is 24.3. The zero-order valence-electron chi connectivity index (χ0n) is 35.3. The number of carbonyl (C=O) groups excluding carboxylic acids is 5. The van der Waals surface area contributed by atoms with Crippen molar-refractivity contribution in [3.8, 4) is 0 Å². The number of rotatable bonds is 22. The van der Waals surface area contributed by atoms with Gasteiger partial charge < -0.3 is 51.2 Å². The Labute approximate surface area is 361 Å². The predicted octanol–water partition coefficient (Wildman–Crippen LogP) is 3.61. The number of benzene rings is 4. The average Bonchev–Trinajstić information content (AvgIpc) is 3.28. The summed E-state index contributed by atoms with van der Waals surface area (Å²) < 4.78 is 11.2. The largest absolute Gasteiger partial charge is 0.452 e. The summed E-state index contributed by atoms with van der Waals surface area (Å²) in [5.41, 5.74) is 2.66. The highest BCUT2D eigenvalue weighted by atomic mass is 16.6. The van der Waals surface area contributed by atoms with Gasteiger partial charge in [-0.15, -0.1) is 0 Å². The Kier molecular flexibility index (Phi) is 19.1. The van der Waals surface area contributed by atoms with Crippen molar-refractivity contribution in [2.24, 2.45) is 11.8 Å². The number of hydrogen-bond acceptors (Lipinski definition) is 11. The molecule has 0 aromatic heterocycles. The van der Waals surface area contributed by atoms with Gasteiger partial charge in [0.05, 0.1) is 25.1 Å². The molecule has 0 spiro atoms. The minimum atomic E-state index is -2.30. The molecule has 62 heavy (non-hydrogen) atoms. The van der Waals surface area contributed by atoms with Gasteiger partial charge in [0.25, 0.3) is 5.91 Å². The summed E-state index contributed by atoms with van der Waals surface area (Å²) in [5, 5.41) is 53.5. The summed E-state index contributed by atoms with van der Waals surface area (Å²) in [6.45, 7) is 6.03. The third-order valence-electron chi connectivity index (χ3n) is 10.00. The van der Waals surface area contributed by atoms with Gasteiger partial charge in [-0.3, -0.25) is 19.2 Å². The highest BCUT2D eigenvalue weighted by Gasteiger charge is 2.38. The number of nitrogens with one attached hydrogen (secondary N) is 4. The van der Waals surface area contributed by atoms with Crippen molar-refractivity contribution in [2.75, 3.05) is 6.61 Å². The summed E-state index contributed by atoms with van der Waals surface area (Å²) in [7, 11) is 0. The Hall–Kier alpha value is -6.13. The standard InChI is InChI=1S/C47H58N4O11/c1-29(2)25-36(49-45(58)39(30(3)4)51-47(60)61-28-31-17-9-5-10-18-31)44(57)50-37(27-52)40(54)41(55)42(56)46(59)48-35(32-19-11-6-12-20-32)26-38(53)62-43(33-21-13-7-14-22-33)34-23-15-8-16-24-34/h5-24,29-30,35-37,39-43,52,54-56H,25-28H2,1-4H3,(H,48,59)(H,49,58)(H,50,57)(H,51,60)/t35-,36-,37-,39-,40+,41+,42-/m0/s1. The van der Waals surface area contributed by atoms with E-state index in [1.807, 2.05) is 66.7 Å². The molecule has 0 unspecified atom stereocenters. The number of amides is 4. The quantitative estimate of drug-likeness (QED) is 0.0533. The van der Waals surface area contributed by atoms with E-state index in [4.69, 9.17) is 9.47 Å². The molecule has 0 bridgehead atoms. The van der Waals surface area contributed by atoms with E-state index in [0.29, 0.717) is 5.56 Å². The van der Waals surface area contributed by atoms with E-state index in [1.165, 1.54) is 0 Å². The van der Waals surface area contributed by atoms with Crippen LogP contribution in [0.2, 0.25) is 0 Å². The van der Waals surface area contributed by atoms with Crippen LogP contribution in [0.15, 0.2) is 121 Å². The minimum Gasteiger partial charge on any atom is -0.452 e. The van der Waals surface area contributed by atoms with Crippen LogP contribution in [0.1, 0.15) is 74.9 Å². The Morgan fingerprint density at radius 3 is 1.61 bits per heavy atom. The van der Waals surface area contributed by atoms with Gasteiger partial charge in [-0.2, -0.15) is 0 Å². The van der Waals surface area contributed by atoms with E-state index in [9.17, 15) is 44.4 Å². The third-order valence-corrected chi connectivity index (χ3v) is 10.00. The maximum absolute atomic E-state index is 13.6. The molecule has 0 aliphatic heterocycles. The maximum Gasteiger partial charge on any atom is 0.408 e. The molecule has 0 aliphatic carbocycles. The molecule has 15 heteroatoms. The molecule has 0 aliphatic rings. The topological polar surface area (TPSA) is 233 Å². The van der Waals surface area contributed by atoms with Crippen LogP contribution in [0, 0.1) is 11.8 Å². The fraction of sp³-hybridized carbons (Fsp3) is 0.383. The summed E-state index contributed by atoms with van der Waals surface area (Å²) in [6.07, 6.45) is -8.53. The normalized spacial score (nSPS) is 14.7. The SMILES string of the molecule is CC(C)C[C@H](NC(=O)[C@@H](NC(=O)OCc1ccccc1)C(C)C)C(=O)N[C@@H](CO)[C@@H](O)[C@@H](O)[C@H](O)C(=O)N[C@@H](CC(=O)OC(c1ccccc1)c1ccccc1)c1ccccc1. The lowest BCUT2D eigenvalue weighted by molar-refractivity contribution is -0.149. The first-order valence-corrected chi connectivity index (χ1v) is 20.6. The average molecular weight is 855 g/mol. The second-order valence-electron chi connectivity index (χ2n) is 15.7. The lowest BCUT2D eigenvalue weighted by atomic mass is 9.97. The zero-order valence-corrected chi connectivity index (χ0v) is 35.3. The number of carbonyl (C=O) groups is 5. The first-order chi connectivity index (χ1) is 29.7. The molecule has 0 saturated carbocycles. The molecule has 332 valence electrons. The van der Waals surface area contributed by atoms with Crippen molar-refractivity contribution >= 4 is 29.8 Å². The Balaban J connectivity index is 1.41. The maximum atomic E-state index is 13.6. The molecule has 0 radical (unpaired) electrons. The van der Waals surface area contributed by atoms with Gasteiger partial charge in [0.1, 0.15) is 30.9 Å². The number of aliphatic hydroxyl groups excluding tert-OH is 4. The smallest absolute Gasteiger partial charge is 0.408 e. The van der Waals surface area contributed by atoms with Gasteiger partial charge >= 0.3 is 12.1 Å². The summed E-state index contributed by atoms with van der Waals surface area (Å²) in [4.78, 5) is 66.8. The van der Waals surface area contributed by atoms with Gasteiger partial charge in [0.15, 0.2) is 12.2 Å². The van der Waals surface area contributed by atoms with Gasteiger partial charge in [0, 0.05) is 0 Å². The Morgan fingerprint density at radius 2 is 1.11 bits per heavy atom. The fourth-order valence-electron chi connectivity index (χ4n) is 6.62. The van der Waals surface area contributed by atoms with E-state index in [1.54, 1.807) is 82.3 Å². The van der Waals surface area contributed by atoms with E-state index in [-0.39, 0.29) is 25.4 Å². The van der Waals surface area contributed by atoms with Gasteiger partial charge in [-0.1, -0.05) is 149 Å². The number of esters is 1. The van der Waals surface area contributed by atoms with E-state index >= 15 is 0 Å². The van der Waals surface area contributed by atoms with Crippen molar-refractivity contribution in [1.82, 2.24) is 21.3 Å². The Bertz CT molecular complexity index is 1970. The molecule has 0 heterocycles. The van der Waals surface area contributed by atoms with Crippen LogP contribution < -0.4 is 21.3 Å². The van der Waals surface area contributed by atoms with Gasteiger partial charge in [-0.05, 0) is 40.5 Å². The van der Waals surface area contributed by atoms with E-state index in [0.717, 1.165) is 16.7 Å². The molecular formula is C47H58N4O11. The van der Waals surface area contributed by atoms with Crippen LogP contribution in [0.5, 0.6) is 0 Å². The molecule has 4 amide bonds. The number of alkyl carbamates (subject to hydrolysis) is 1. The summed E-state index contributed by atoms with van der Waals surface area (Å²) in [5.74, 6) is -3.96. The first kappa shape index (κ1) is 48.5. The molecule has 8 N–H and O–H groups in total. The zero-order chi connectivity index (χ0) is 45.2. The van der Waals surface area contributed by atoms with Crippen molar-refractivity contribution in [1.29, 1.82) is 0 Å². The van der Waals surface area contributed by atoms with Crippen LogP contribution in [0.3, 0.4) is 0 Å². The number of ether oxygens (including phenoxy) is 2. The van der Waals surface area contributed by atoms with Crippen molar-refractivity contribution in [3.05, 3.63) is 144 Å². The minimum absolute atomic E-state index is 0.0302. The highest BCUT2D eigenvalue weighted by molar-refractivity contribution is 5.91. The Morgan fingerprint density at radius 1 is 0.597 bits per heavy atom. The van der Waals surface area contributed by atoms with Crippen LogP contribution in [-0.2, 0) is 35.3 Å². The van der Waals surface area contributed by atoms with Crippen LogP contribution in [0.25, 0.3) is 0 Å². The van der Waals surface area contributed by atoms with Crippen molar-refractivity contribution < 1.29 is 53.9 Å². The predicted molar refractivity (Wildman–Crippen MR) is 230 cm³/mol. The molecule has 0 saturated heterocycles. The molecule has 7 atom stereocenters. The molecule has 4 rings (SSSR count). The lowest BCUT2D eigenvalue weighted by Crippen LogP contribution is -2.60. The molecule has 4 aromatic carbocycles. The van der Waals surface area contributed by atoms with Gasteiger partial charge in [-0.25, -0.2) is 4.79 Å². The second-order valence-corrected chi connectivity index (χ2v) is 15.7. The van der Waals surface area contributed by atoms with Crippen LogP contribution in [-0.4, -0.2) is 93.3 Å². The highest BCUT2D eigenvalue weighted by Crippen LogP contribution is 2.28. The molecular weight excluding hydrogens is 797 g/mol. The van der Waals surface area contributed by atoms with E-state index < -0.39 is 90.9 Å². The van der Waals surface area contributed by atoms with Crippen molar-refractivity contribution in [2.45, 2.75) is 95.7 Å². The first-order valence-electron chi connectivity index (χ1n) is 20.6. The summed E-state index contributed by atoms with van der Waals surface area (Å²) in [6, 6.07) is 30.6. The lowest BCUT2D eigenvalue weighted by Gasteiger charge is -2.31. The molecule has 0 fully saturated rings. The van der Waals surface area contributed by atoms with E-state index in [2.05, 4.69) is 21.3 Å². The molecule has 15 nitrogen and oxygen atoms in total. The number of hydrogen-bond donors (Lipinski definition) is 8. The number of aliphatic hydroxyl groups is 4. The van der Waals surface area contributed by atoms with Crippen LogP contribution >= 0.6 is 0 Å². The monoisotopic (exact) mass is 854 g/mol. The summed E-state index contributed by atoms with van der Waals surface area (Å²) >= 11 is 0.